The molecule has 1 saturated carbocycles. The normalized spacial score (nSPS) is 15.9. The zero-order valence-electron chi connectivity index (χ0n) is 10.9. The van der Waals surface area contributed by atoms with Crippen molar-refractivity contribution >= 4 is 29.0 Å². The topological polar surface area (TPSA) is 17.1 Å². The van der Waals surface area contributed by atoms with Crippen molar-refractivity contribution in [3.63, 3.8) is 0 Å². The predicted octanol–water partition coefficient (Wildman–Crippen LogP) is 4.84. The van der Waals surface area contributed by atoms with Crippen LogP contribution >= 0.6 is 23.2 Å². The molecule has 2 aromatic carbocycles. The van der Waals surface area contributed by atoms with E-state index in [-0.39, 0.29) is 11.2 Å². The van der Waals surface area contributed by atoms with Gasteiger partial charge in [0.25, 0.3) is 0 Å². The Kier molecular flexibility index (Phi) is 3.57. The average Bonchev–Trinajstić information content (AvgIpc) is 3.25. The van der Waals surface area contributed by atoms with Crippen molar-refractivity contribution in [1.82, 2.24) is 0 Å². The van der Waals surface area contributed by atoms with Gasteiger partial charge in [0.05, 0.1) is 5.41 Å². The number of hydrogen-bond donors (Lipinski definition) is 0. The van der Waals surface area contributed by atoms with Gasteiger partial charge < -0.3 is 0 Å². The van der Waals surface area contributed by atoms with Crippen LogP contribution in [0.4, 0.5) is 0 Å². The summed E-state index contributed by atoms with van der Waals surface area (Å²) < 4.78 is 0. The fourth-order valence-corrected chi connectivity index (χ4v) is 3.01. The molecule has 102 valence electrons. The van der Waals surface area contributed by atoms with E-state index in [2.05, 4.69) is 0 Å². The number of rotatable bonds is 4. The third-order valence-corrected chi connectivity index (χ3v) is 4.57. The van der Waals surface area contributed by atoms with Crippen molar-refractivity contribution in [3.05, 3.63) is 69.7 Å². The zero-order chi connectivity index (χ0) is 14.2. The molecule has 3 rings (SSSR count). The number of ketones is 1. The molecule has 0 heterocycles. The third kappa shape index (κ3) is 2.48. The number of Topliss-reactive ketones (excluding diaryl/α,β-unsaturated/α-hetero) is 1. The summed E-state index contributed by atoms with van der Waals surface area (Å²) in [6.45, 7) is 0. The molecule has 20 heavy (non-hydrogen) atoms. The van der Waals surface area contributed by atoms with Gasteiger partial charge in [-0.1, -0.05) is 53.5 Å². The van der Waals surface area contributed by atoms with Crippen molar-refractivity contribution in [3.8, 4) is 0 Å². The van der Waals surface area contributed by atoms with E-state index in [1.54, 1.807) is 18.2 Å². The molecule has 0 bridgehead atoms. The van der Waals surface area contributed by atoms with Crippen LogP contribution in [-0.2, 0) is 16.6 Å². The van der Waals surface area contributed by atoms with Gasteiger partial charge in [-0.15, -0.1) is 0 Å². The fraction of sp³-hybridized carbons (Fsp3) is 0.235. The summed E-state index contributed by atoms with van der Waals surface area (Å²) >= 11 is 12.1. The highest BCUT2D eigenvalue weighted by atomic mass is 35.5. The first kappa shape index (κ1) is 13.7. The second-order valence-corrected chi connectivity index (χ2v) is 6.13. The van der Waals surface area contributed by atoms with E-state index in [9.17, 15) is 4.79 Å². The van der Waals surface area contributed by atoms with Gasteiger partial charge in [-0.05, 0) is 42.2 Å². The lowest BCUT2D eigenvalue weighted by Crippen LogP contribution is -2.22. The zero-order valence-corrected chi connectivity index (χ0v) is 12.4. The van der Waals surface area contributed by atoms with Crippen LogP contribution in [0, 0.1) is 0 Å². The first-order valence-electron chi connectivity index (χ1n) is 6.65. The van der Waals surface area contributed by atoms with Crippen LogP contribution in [0.15, 0.2) is 48.5 Å². The molecule has 0 amide bonds. The second-order valence-electron chi connectivity index (χ2n) is 5.28. The highest BCUT2D eigenvalue weighted by Crippen LogP contribution is 2.49. The van der Waals surface area contributed by atoms with Gasteiger partial charge in [0.1, 0.15) is 5.78 Å². The van der Waals surface area contributed by atoms with Gasteiger partial charge in [0.15, 0.2) is 0 Å². The molecule has 0 spiro atoms. The number of carbonyl (C=O) groups excluding carboxylic acids is 1. The Morgan fingerprint density at radius 1 is 1.05 bits per heavy atom. The molecule has 0 unspecified atom stereocenters. The minimum atomic E-state index is -0.299. The molecule has 1 aliphatic carbocycles. The number of carbonyl (C=O) groups is 1. The SMILES string of the molecule is O=C(Cc1cc(Cl)ccc1Cl)C1(c2ccccc2)CC1. The molecule has 0 atom stereocenters. The van der Waals surface area contributed by atoms with E-state index < -0.39 is 0 Å². The smallest absolute Gasteiger partial charge is 0.147 e. The Labute approximate surface area is 128 Å². The van der Waals surface area contributed by atoms with Crippen molar-refractivity contribution < 1.29 is 4.79 Å². The van der Waals surface area contributed by atoms with Gasteiger partial charge in [-0.25, -0.2) is 0 Å². The third-order valence-electron chi connectivity index (χ3n) is 3.97. The molecule has 2 aromatic rings. The molecular formula is C17H14Cl2O. The van der Waals surface area contributed by atoms with Crippen LogP contribution in [0.2, 0.25) is 10.0 Å². The van der Waals surface area contributed by atoms with Gasteiger partial charge in [0, 0.05) is 16.5 Å². The van der Waals surface area contributed by atoms with Gasteiger partial charge in [-0.3, -0.25) is 4.79 Å². The molecule has 0 aliphatic heterocycles. The first-order valence-corrected chi connectivity index (χ1v) is 7.40. The van der Waals surface area contributed by atoms with Gasteiger partial charge in [-0.2, -0.15) is 0 Å². The Bertz CT molecular complexity index is 645. The molecule has 3 heteroatoms. The van der Waals surface area contributed by atoms with Crippen LogP contribution < -0.4 is 0 Å². The molecule has 1 fully saturated rings. The van der Waals surface area contributed by atoms with Crippen LogP contribution in [0.5, 0.6) is 0 Å². The predicted molar refractivity (Wildman–Crippen MR) is 82.5 cm³/mol. The summed E-state index contributed by atoms with van der Waals surface area (Å²) in [6, 6.07) is 15.3. The molecule has 1 aliphatic rings. The maximum atomic E-state index is 12.7. The van der Waals surface area contributed by atoms with Crippen molar-refractivity contribution in [1.29, 1.82) is 0 Å². The van der Waals surface area contributed by atoms with E-state index in [1.165, 1.54) is 0 Å². The molecule has 0 saturated heterocycles. The lowest BCUT2D eigenvalue weighted by molar-refractivity contribution is -0.120. The van der Waals surface area contributed by atoms with Crippen LogP contribution in [0.3, 0.4) is 0 Å². The maximum absolute atomic E-state index is 12.7. The molecule has 0 aromatic heterocycles. The van der Waals surface area contributed by atoms with E-state index in [1.807, 2.05) is 30.3 Å². The quantitative estimate of drug-likeness (QED) is 0.790. The minimum absolute atomic E-state index is 0.230. The molecule has 1 nitrogen and oxygen atoms in total. The second kappa shape index (κ2) is 5.23. The Morgan fingerprint density at radius 2 is 1.75 bits per heavy atom. The highest BCUT2D eigenvalue weighted by molar-refractivity contribution is 6.33. The summed E-state index contributed by atoms with van der Waals surface area (Å²) in [5.41, 5.74) is 1.63. The average molecular weight is 305 g/mol. The standard InChI is InChI=1S/C17H14Cl2O/c18-14-6-7-15(19)12(10-14)11-16(20)17(8-9-17)13-4-2-1-3-5-13/h1-7,10H,8-9,11H2. The van der Waals surface area contributed by atoms with Crippen LogP contribution in [0.25, 0.3) is 0 Å². The summed E-state index contributed by atoms with van der Waals surface area (Å²) in [5.74, 6) is 0.230. The van der Waals surface area contributed by atoms with Gasteiger partial charge >= 0.3 is 0 Å². The summed E-state index contributed by atoms with van der Waals surface area (Å²) in [7, 11) is 0. The van der Waals surface area contributed by atoms with Crippen molar-refractivity contribution in [2.75, 3.05) is 0 Å². The highest BCUT2D eigenvalue weighted by Gasteiger charge is 2.50. The lowest BCUT2D eigenvalue weighted by Gasteiger charge is -2.15. The summed E-state index contributed by atoms with van der Waals surface area (Å²) in [5, 5.41) is 1.22. The van der Waals surface area contributed by atoms with E-state index in [0.717, 1.165) is 24.0 Å². The van der Waals surface area contributed by atoms with Crippen molar-refractivity contribution in [2.24, 2.45) is 0 Å². The Morgan fingerprint density at radius 3 is 2.40 bits per heavy atom. The fourth-order valence-electron chi connectivity index (χ4n) is 2.63. The minimum Gasteiger partial charge on any atom is -0.298 e. The first-order chi connectivity index (χ1) is 9.62. The monoisotopic (exact) mass is 304 g/mol. The number of hydrogen-bond acceptors (Lipinski definition) is 1. The maximum Gasteiger partial charge on any atom is 0.147 e. The summed E-state index contributed by atoms with van der Waals surface area (Å²) in [4.78, 5) is 12.7. The van der Waals surface area contributed by atoms with E-state index >= 15 is 0 Å². The van der Waals surface area contributed by atoms with Crippen molar-refractivity contribution in [2.45, 2.75) is 24.7 Å². The van der Waals surface area contributed by atoms with Crippen LogP contribution in [0.1, 0.15) is 24.0 Å². The number of benzene rings is 2. The van der Waals surface area contributed by atoms with E-state index in [0.29, 0.717) is 16.5 Å². The Hall–Kier alpha value is -1.31. The van der Waals surface area contributed by atoms with E-state index in [4.69, 9.17) is 23.2 Å². The molecule has 0 radical (unpaired) electrons. The molecular weight excluding hydrogens is 291 g/mol. The van der Waals surface area contributed by atoms with Gasteiger partial charge in [0.2, 0.25) is 0 Å². The Balaban J connectivity index is 1.85. The largest absolute Gasteiger partial charge is 0.298 e. The summed E-state index contributed by atoms with van der Waals surface area (Å²) in [6.07, 6.45) is 2.19. The lowest BCUT2D eigenvalue weighted by atomic mass is 9.88. The molecule has 0 N–H and O–H groups in total. The van der Waals surface area contributed by atoms with Crippen LogP contribution in [-0.4, -0.2) is 5.78 Å². The number of halogens is 2.